The van der Waals surface area contributed by atoms with Gasteiger partial charge in [0.1, 0.15) is 5.82 Å². The number of fused-ring (bicyclic) bond motifs is 3. The number of likely N-dealkylation sites (tertiary alicyclic amines) is 1. The molecular weight excluding hydrogens is 404 g/mol. The minimum Gasteiger partial charge on any atom is -0.347 e. The fraction of sp³-hybridized carbons (Fsp3) is 0.400. The van der Waals surface area contributed by atoms with Crippen molar-refractivity contribution in [1.29, 1.82) is 0 Å². The highest BCUT2D eigenvalue weighted by molar-refractivity contribution is 7.16. The molecule has 5 nitrogen and oxygen atoms in total. The van der Waals surface area contributed by atoms with Gasteiger partial charge in [0.15, 0.2) is 0 Å². The van der Waals surface area contributed by atoms with Crippen LogP contribution in [0.25, 0.3) is 10.2 Å². The number of aryl methyl sites for hydroxylation is 1. The van der Waals surface area contributed by atoms with Crippen molar-refractivity contribution in [3.05, 3.63) is 53.2 Å². The molecule has 1 aromatic carbocycles. The summed E-state index contributed by atoms with van der Waals surface area (Å²) in [5, 5.41) is 0. The van der Waals surface area contributed by atoms with Crippen molar-refractivity contribution in [2.45, 2.75) is 50.6 Å². The van der Waals surface area contributed by atoms with Crippen LogP contribution >= 0.6 is 11.3 Å². The summed E-state index contributed by atoms with van der Waals surface area (Å²) in [6.45, 7) is 1.60. The van der Waals surface area contributed by atoms with Gasteiger partial charge in [0.2, 0.25) is 5.91 Å². The lowest BCUT2D eigenvalue weighted by molar-refractivity contribution is -0.132. The van der Waals surface area contributed by atoms with Crippen LogP contribution < -0.4 is 4.90 Å². The van der Waals surface area contributed by atoms with Gasteiger partial charge in [-0.15, -0.1) is 17.8 Å². The molecule has 6 heteroatoms. The van der Waals surface area contributed by atoms with E-state index in [0.29, 0.717) is 24.4 Å². The number of thiazole rings is 1. The van der Waals surface area contributed by atoms with Crippen LogP contribution in [0.1, 0.15) is 43.2 Å². The van der Waals surface area contributed by atoms with Gasteiger partial charge in [0.05, 0.1) is 15.7 Å². The van der Waals surface area contributed by atoms with E-state index in [1.807, 2.05) is 17.6 Å². The molecule has 31 heavy (non-hydrogen) atoms. The Morgan fingerprint density at radius 2 is 1.97 bits per heavy atom. The third kappa shape index (κ3) is 4.03. The van der Waals surface area contributed by atoms with Gasteiger partial charge >= 0.3 is 0 Å². The van der Waals surface area contributed by atoms with Crippen LogP contribution in [-0.4, -0.2) is 45.9 Å². The first kappa shape index (κ1) is 20.0. The highest BCUT2D eigenvalue weighted by atomic mass is 32.1. The molecule has 1 amide bonds. The van der Waals surface area contributed by atoms with Gasteiger partial charge in [-0.1, -0.05) is 18.1 Å². The van der Waals surface area contributed by atoms with Gasteiger partial charge in [-0.05, 0) is 55.9 Å². The van der Waals surface area contributed by atoms with Crippen LogP contribution in [0.3, 0.4) is 0 Å². The molecular formula is C25H26N4OS. The zero-order valence-corrected chi connectivity index (χ0v) is 18.4. The first-order chi connectivity index (χ1) is 15.2. The summed E-state index contributed by atoms with van der Waals surface area (Å²) in [7, 11) is 0. The Bertz CT molecular complexity index is 1100. The number of aromatic nitrogens is 2. The summed E-state index contributed by atoms with van der Waals surface area (Å²) < 4.78 is 1.28. The van der Waals surface area contributed by atoms with Crippen LogP contribution in [0, 0.1) is 12.3 Å². The number of rotatable bonds is 6. The van der Waals surface area contributed by atoms with Crippen molar-refractivity contribution in [1.82, 2.24) is 14.9 Å². The summed E-state index contributed by atoms with van der Waals surface area (Å²) in [6.07, 6.45) is 13.0. The number of amides is 1. The molecule has 2 aliphatic rings. The quantitative estimate of drug-likeness (QED) is 0.433. The van der Waals surface area contributed by atoms with E-state index >= 15 is 0 Å². The molecule has 0 aliphatic carbocycles. The van der Waals surface area contributed by atoms with Crippen molar-refractivity contribution in [3.8, 4) is 12.3 Å². The molecule has 2 aliphatic heterocycles. The molecule has 0 radical (unpaired) electrons. The maximum atomic E-state index is 12.9. The van der Waals surface area contributed by atoms with Crippen molar-refractivity contribution < 1.29 is 4.79 Å². The first-order valence-electron chi connectivity index (χ1n) is 11.0. The number of carbonyl (C=O) groups excluding carboxylic acids is 1. The van der Waals surface area contributed by atoms with Crippen LogP contribution in [0.15, 0.2) is 42.0 Å². The number of nitrogens with zero attached hydrogens (tertiary/aromatic N) is 4. The van der Waals surface area contributed by atoms with E-state index < -0.39 is 0 Å². The predicted molar refractivity (Wildman–Crippen MR) is 125 cm³/mol. The highest BCUT2D eigenvalue weighted by Gasteiger charge is 2.41. The average Bonchev–Trinajstić information content (AvgIpc) is 3.39. The number of pyridine rings is 1. The van der Waals surface area contributed by atoms with Crippen LogP contribution in [-0.2, 0) is 11.2 Å². The third-order valence-electron chi connectivity index (χ3n) is 6.54. The molecule has 0 saturated carbocycles. The van der Waals surface area contributed by atoms with E-state index in [1.165, 1.54) is 10.3 Å². The molecule has 2 fully saturated rings. The normalized spacial score (nSPS) is 20.2. The Labute approximate surface area is 187 Å². The van der Waals surface area contributed by atoms with E-state index in [2.05, 4.69) is 43.9 Å². The Balaban J connectivity index is 1.14. The van der Waals surface area contributed by atoms with Gasteiger partial charge in [-0.25, -0.2) is 9.97 Å². The molecule has 0 N–H and O–H groups in total. The predicted octanol–water partition coefficient (Wildman–Crippen LogP) is 4.27. The summed E-state index contributed by atoms with van der Waals surface area (Å²) in [5.74, 6) is 3.90. The number of hydrogen-bond donors (Lipinski definition) is 0. The highest BCUT2D eigenvalue weighted by Crippen LogP contribution is 2.34. The lowest BCUT2D eigenvalue weighted by Crippen LogP contribution is -2.55. The molecule has 2 atom stereocenters. The van der Waals surface area contributed by atoms with E-state index in [4.69, 9.17) is 6.42 Å². The second kappa shape index (κ2) is 8.68. The number of anilines is 1. The number of hydrogen-bond acceptors (Lipinski definition) is 5. The fourth-order valence-corrected chi connectivity index (χ4v) is 5.83. The zero-order valence-electron chi connectivity index (χ0n) is 17.5. The van der Waals surface area contributed by atoms with Gasteiger partial charge in [-0.2, -0.15) is 0 Å². The number of terminal acetylenes is 1. The number of piperazine rings is 1. The van der Waals surface area contributed by atoms with Gasteiger partial charge in [0.25, 0.3) is 0 Å². The maximum absolute atomic E-state index is 12.9. The second-order valence-corrected chi connectivity index (χ2v) is 9.32. The van der Waals surface area contributed by atoms with Crippen molar-refractivity contribution in [3.63, 3.8) is 0 Å². The Hall–Kier alpha value is -2.91. The molecule has 2 saturated heterocycles. The SMILES string of the molecule is C#Cc1ccc(N2C3CCC2CN(C(=O)CCCCc2cccc4ncsc24)C3)nc1. The van der Waals surface area contributed by atoms with Gasteiger partial charge < -0.3 is 9.80 Å². The summed E-state index contributed by atoms with van der Waals surface area (Å²) >= 11 is 1.70. The van der Waals surface area contributed by atoms with Gasteiger partial charge in [0, 0.05) is 43.4 Å². The van der Waals surface area contributed by atoms with Crippen molar-refractivity contribution in [2.75, 3.05) is 18.0 Å². The Morgan fingerprint density at radius 1 is 1.13 bits per heavy atom. The first-order valence-corrected chi connectivity index (χ1v) is 11.9. The molecule has 2 bridgehead atoms. The Kier molecular flexibility index (Phi) is 5.61. The third-order valence-corrected chi connectivity index (χ3v) is 7.46. The lowest BCUT2D eigenvalue weighted by Gasteiger charge is -2.41. The van der Waals surface area contributed by atoms with Crippen LogP contribution in [0.4, 0.5) is 5.82 Å². The molecule has 4 heterocycles. The summed E-state index contributed by atoms with van der Waals surface area (Å²) in [5.41, 5.74) is 5.14. The molecule has 5 rings (SSSR count). The van der Waals surface area contributed by atoms with E-state index in [9.17, 15) is 4.79 Å². The topological polar surface area (TPSA) is 49.3 Å². The van der Waals surface area contributed by atoms with Gasteiger partial charge in [-0.3, -0.25) is 4.79 Å². The fourth-order valence-electron chi connectivity index (χ4n) is 5.00. The number of benzene rings is 1. The molecule has 158 valence electrons. The monoisotopic (exact) mass is 430 g/mol. The summed E-state index contributed by atoms with van der Waals surface area (Å²) in [4.78, 5) is 26.3. The lowest BCUT2D eigenvalue weighted by atomic mass is 10.1. The smallest absolute Gasteiger partial charge is 0.222 e. The minimum atomic E-state index is 0.295. The average molecular weight is 431 g/mol. The number of unbranched alkanes of at least 4 members (excludes halogenated alkanes) is 1. The zero-order chi connectivity index (χ0) is 21.2. The standard InChI is InChI=1S/C25H26N4OS/c1-2-18-10-13-23(26-14-18)29-20-11-12-21(29)16-28(15-20)24(30)9-4-3-6-19-7-5-8-22-25(19)31-17-27-22/h1,5,7-8,10,13-14,17,20-21H,3-4,6,9,11-12,15-16H2. The van der Waals surface area contributed by atoms with E-state index in [-0.39, 0.29) is 0 Å². The van der Waals surface area contributed by atoms with Crippen molar-refractivity contribution in [2.24, 2.45) is 0 Å². The second-order valence-electron chi connectivity index (χ2n) is 8.47. The van der Waals surface area contributed by atoms with Crippen LogP contribution in [0.2, 0.25) is 0 Å². The van der Waals surface area contributed by atoms with Crippen molar-refractivity contribution >= 4 is 33.3 Å². The molecule has 0 spiro atoms. The number of carbonyl (C=O) groups is 1. The largest absolute Gasteiger partial charge is 0.347 e. The van der Waals surface area contributed by atoms with Crippen LogP contribution in [0.5, 0.6) is 0 Å². The molecule has 3 aromatic rings. The van der Waals surface area contributed by atoms with E-state index in [0.717, 1.165) is 62.1 Å². The summed E-state index contributed by atoms with van der Waals surface area (Å²) in [6, 6.07) is 11.0. The minimum absolute atomic E-state index is 0.295. The molecule has 2 unspecified atom stereocenters. The Morgan fingerprint density at radius 3 is 2.71 bits per heavy atom. The van der Waals surface area contributed by atoms with E-state index in [1.54, 1.807) is 17.5 Å². The maximum Gasteiger partial charge on any atom is 0.222 e. The molecule has 2 aromatic heterocycles.